The smallest absolute Gasteiger partial charge is 0.168 e. The Bertz CT molecular complexity index is 304. The quantitative estimate of drug-likeness (QED) is 0.617. The van der Waals surface area contributed by atoms with Crippen molar-refractivity contribution in [1.29, 1.82) is 0 Å². The highest BCUT2D eigenvalue weighted by Gasteiger charge is 2.51. The second kappa shape index (κ2) is 4.53. The van der Waals surface area contributed by atoms with E-state index in [1.54, 1.807) is 23.4 Å². The Morgan fingerprint density at radius 2 is 2.25 bits per heavy atom. The molecule has 3 N–H and O–H groups in total. The maximum atomic E-state index is 10.6. The summed E-state index contributed by atoms with van der Waals surface area (Å²) in [6.45, 7) is 0.381. The second-order valence-electron chi connectivity index (χ2n) is 4.37. The van der Waals surface area contributed by atoms with Gasteiger partial charge in [-0.25, -0.2) is 0 Å². The summed E-state index contributed by atoms with van der Waals surface area (Å²) < 4.78 is 0. The van der Waals surface area contributed by atoms with E-state index in [1.807, 2.05) is 0 Å². The van der Waals surface area contributed by atoms with Gasteiger partial charge in [-0.05, 0) is 25.3 Å². The van der Waals surface area contributed by atoms with Gasteiger partial charge in [0.25, 0.3) is 0 Å². The van der Waals surface area contributed by atoms with Crippen LogP contribution in [0.3, 0.4) is 0 Å². The molecule has 0 radical (unpaired) electrons. The predicted octanol–water partition coefficient (Wildman–Crippen LogP) is -0.314. The summed E-state index contributed by atoms with van der Waals surface area (Å²) >= 11 is 0. The summed E-state index contributed by atoms with van der Waals surface area (Å²) in [5, 5.41) is 29.5. The third kappa shape index (κ3) is 1.75. The number of allylic oxidation sites excluding steroid dienone is 1. The first-order valence-electron chi connectivity index (χ1n) is 5.64. The molecule has 0 aromatic heterocycles. The minimum Gasteiger partial charge on any atom is -0.396 e. The maximum Gasteiger partial charge on any atom is 0.168 e. The Morgan fingerprint density at radius 1 is 1.44 bits per heavy atom. The molecule has 3 atom stereocenters. The van der Waals surface area contributed by atoms with Gasteiger partial charge in [-0.3, -0.25) is 4.99 Å². The van der Waals surface area contributed by atoms with E-state index in [4.69, 9.17) is 5.11 Å². The first kappa shape index (κ1) is 11.6. The lowest BCUT2D eigenvalue weighted by atomic mass is 9.93. The Kier molecular flexibility index (Phi) is 3.28. The van der Waals surface area contributed by atoms with Crippen LogP contribution >= 0.6 is 0 Å². The lowest BCUT2D eigenvalue weighted by molar-refractivity contribution is -0.172. The number of hydrogen-bond donors (Lipinski definition) is 3. The van der Waals surface area contributed by atoms with Crippen molar-refractivity contribution in [2.45, 2.75) is 31.1 Å². The Morgan fingerprint density at radius 3 is 2.88 bits per heavy atom. The zero-order chi connectivity index (χ0) is 11.6. The standard InChI is InChI=1S/C11H18N2O3/c14-7-4-9-2-3-10(15)11(9,16)13-6-1-5-12-8-13/h1,5-6,9-10,14-16H,2-4,7-8H2. The van der Waals surface area contributed by atoms with E-state index in [0.717, 1.165) is 6.42 Å². The molecule has 0 aromatic carbocycles. The molecule has 2 aliphatic rings. The molecule has 5 nitrogen and oxygen atoms in total. The molecule has 3 unspecified atom stereocenters. The van der Waals surface area contributed by atoms with Gasteiger partial charge in [0, 0.05) is 24.9 Å². The molecule has 90 valence electrons. The van der Waals surface area contributed by atoms with Gasteiger partial charge >= 0.3 is 0 Å². The molecule has 1 aliphatic carbocycles. The number of aliphatic hydroxyl groups is 3. The number of nitrogens with zero attached hydrogens (tertiary/aromatic N) is 2. The molecule has 2 rings (SSSR count). The van der Waals surface area contributed by atoms with Crippen LogP contribution in [0.1, 0.15) is 19.3 Å². The van der Waals surface area contributed by atoms with Crippen molar-refractivity contribution in [3.63, 3.8) is 0 Å². The van der Waals surface area contributed by atoms with Crippen molar-refractivity contribution in [1.82, 2.24) is 4.90 Å². The van der Waals surface area contributed by atoms with Gasteiger partial charge in [-0.2, -0.15) is 0 Å². The van der Waals surface area contributed by atoms with Gasteiger partial charge in [-0.1, -0.05) is 0 Å². The van der Waals surface area contributed by atoms with Crippen molar-refractivity contribution >= 4 is 6.21 Å². The van der Waals surface area contributed by atoms with Gasteiger partial charge in [-0.15, -0.1) is 0 Å². The summed E-state index contributed by atoms with van der Waals surface area (Å²) in [5.74, 6) is -0.106. The van der Waals surface area contributed by atoms with Gasteiger partial charge in [0.2, 0.25) is 0 Å². The molecular formula is C11H18N2O3. The lowest BCUT2D eigenvalue weighted by Crippen LogP contribution is -2.56. The molecule has 0 aromatic rings. The Labute approximate surface area is 94.7 Å². The largest absolute Gasteiger partial charge is 0.396 e. The van der Waals surface area contributed by atoms with E-state index >= 15 is 0 Å². The van der Waals surface area contributed by atoms with Crippen LogP contribution in [0.15, 0.2) is 17.3 Å². The first-order valence-corrected chi connectivity index (χ1v) is 5.64. The molecule has 0 amide bonds. The number of hydrogen-bond acceptors (Lipinski definition) is 5. The second-order valence-corrected chi connectivity index (χ2v) is 4.37. The van der Waals surface area contributed by atoms with Crippen LogP contribution in [0, 0.1) is 5.92 Å². The highest BCUT2D eigenvalue weighted by atomic mass is 16.4. The average Bonchev–Trinajstić information content (AvgIpc) is 2.60. The summed E-state index contributed by atoms with van der Waals surface area (Å²) in [7, 11) is 0. The SMILES string of the molecule is OCCC1CCC(O)C1(O)N1C=CC=NC1. The van der Waals surface area contributed by atoms with E-state index in [1.165, 1.54) is 0 Å². The molecule has 0 saturated heterocycles. The molecule has 1 aliphatic heterocycles. The van der Waals surface area contributed by atoms with E-state index in [2.05, 4.69) is 4.99 Å². The van der Waals surface area contributed by atoms with Crippen molar-refractivity contribution < 1.29 is 15.3 Å². The van der Waals surface area contributed by atoms with E-state index in [-0.39, 0.29) is 12.5 Å². The third-order valence-electron chi connectivity index (χ3n) is 3.51. The number of rotatable bonds is 3. The fourth-order valence-corrected chi connectivity index (χ4v) is 2.61. The molecule has 1 saturated carbocycles. The van der Waals surface area contributed by atoms with Gasteiger partial charge in [0.1, 0.15) is 12.8 Å². The van der Waals surface area contributed by atoms with Crippen molar-refractivity contribution in [2.24, 2.45) is 10.9 Å². The predicted molar refractivity (Wildman–Crippen MR) is 59.7 cm³/mol. The molecular weight excluding hydrogens is 208 g/mol. The van der Waals surface area contributed by atoms with Crippen LogP contribution in [0.5, 0.6) is 0 Å². The lowest BCUT2D eigenvalue weighted by Gasteiger charge is -2.42. The summed E-state index contributed by atoms with van der Waals surface area (Å²) in [6, 6.07) is 0. The van der Waals surface area contributed by atoms with E-state index < -0.39 is 11.8 Å². The molecule has 1 heterocycles. The van der Waals surface area contributed by atoms with Crippen LogP contribution in [-0.2, 0) is 0 Å². The van der Waals surface area contributed by atoms with E-state index in [0.29, 0.717) is 19.5 Å². The molecule has 0 bridgehead atoms. The minimum absolute atomic E-state index is 0.0283. The maximum absolute atomic E-state index is 10.6. The van der Waals surface area contributed by atoms with Gasteiger partial charge in [0.05, 0.1) is 0 Å². The number of aliphatic hydroxyl groups excluding tert-OH is 2. The topological polar surface area (TPSA) is 76.3 Å². The van der Waals surface area contributed by atoms with Crippen LogP contribution in [0.2, 0.25) is 0 Å². The fraction of sp³-hybridized carbons (Fsp3) is 0.727. The molecule has 0 spiro atoms. The van der Waals surface area contributed by atoms with Crippen LogP contribution in [-0.4, -0.2) is 51.5 Å². The first-order chi connectivity index (χ1) is 7.69. The van der Waals surface area contributed by atoms with Crippen molar-refractivity contribution in [2.75, 3.05) is 13.3 Å². The highest BCUT2D eigenvalue weighted by molar-refractivity contribution is 5.71. The van der Waals surface area contributed by atoms with Crippen LogP contribution in [0.4, 0.5) is 0 Å². The van der Waals surface area contributed by atoms with Crippen molar-refractivity contribution in [3.05, 3.63) is 12.3 Å². The zero-order valence-electron chi connectivity index (χ0n) is 9.16. The molecule has 1 fully saturated rings. The average molecular weight is 226 g/mol. The minimum atomic E-state index is -1.28. The normalized spacial score (nSPS) is 38.3. The van der Waals surface area contributed by atoms with Crippen LogP contribution < -0.4 is 0 Å². The Balaban J connectivity index is 2.18. The van der Waals surface area contributed by atoms with Crippen LogP contribution in [0.25, 0.3) is 0 Å². The summed E-state index contributed by atoms with van der Waals surface area (Å²) in [6.07, 6.45) is 6.17. The molecule has 16 heavy (non-hydrogen) atoms. The third-order valence-corrected chi connectivity index (χ3v) is 3.51. The fourth-order valence-electron chi connectivity index (χ4n) is 2.61. The van der Waals surface area contributed by atoms with Gasteiger partial charge in [0.15, 0.2) is 5.72 Å². The highest BCUT2D eigenvalue weighted by Crippen LogP contribution is 2.40. The monoisotopic (exact) mass is 226 g/mol. The zero-order valence-corrected chi connectivity index (χ0v) is 9.16. The van der Waals surface area contributed by atoms with Gasteiger partial charge < -0.3 is 20.2 Å². The number of aliphatic imine (C=N–C) groups is 1. The Hall–Kier alpha value is -0.910. The molecule has 5 heteroatoms. The summed E-state index contributed by atoms with van der Waals surface area (Å²) in [4.78, 5) is 5.72. The van der Waals surface area contributed by atoms with Crippen molar-refractivity contribution in [3.8, 4) is 0 Å². The summed E-state index contributed by atoms with van der Waals surface area (Å²) in [5.41, 5.74) is -1.28. The van der Waals surface area contributed by atoms with E-state index in [9.17, 15) is 10.2 Å².